The van der Waals surface area contributed by atoms with Crippen molar-refractivity contribution in [1.29, 1.82) is 0 Å². The van der Waals surface area contributed by atoms with E-state index >= 15 is 0 Å². The summed E-state index contributed by atoms with van der Waals surface area (Å²) in [6.45, 7) is 8.66. The van der Waals surface area contributed by atoms with Crippen LogP contribution < -0.4 is 10.6 Å². The number of amides is 1. The lowest BCUT2D eigenvalue weighted by Gasteiger charge is -2.38. The van der Waals surface area contributed by atoms with E-state index in [1.165, 1.54) is 20.5 Å². The van der Waals surface area contributed by atoms with E-state index in [4.69, 9.17) is 0 Å². The molecule has 1 atom stereocenters. The maximum absolute atomic E-state index is 13.8. The minimum absolute atomic E-state index is 0.0839. The lowest BCUT2D eigenvalue weighted by molar-refractivity contribution is 0.0892. The summed E-state index contributed by atoms with van der Waals surface area (Å²) in [6.07, 6.45) is 4.24. The summed E-state index contributed by atoms with van der Waals surface area (Å²) in [4.78, 5) is 15.0. The second-order valence-electron chi connectivity index (χ2n) is 9.83. The van der Waals surface area contributed by atoms with Crippen molar-refractivity contribution in [3.8, 4) is 0 Å². The zero-order chi connectivity index (χ0) is 23.9. The highest BCUT2D eigenvalue weighted by Gasteiger charge is 2.38. The summed E-state index contributed by atoms with van der Waals surface area (Å²) in [5, 5.41) is 12.9. The molecule has 2 aromatic carbocycles. The molecule has 176 valence electrons. The van der Waals surface area contributed by atoms with Crippen LogP contribution in [-0.2, 0) is 11.1 Å². The van der Waals surface area contributed by atoms with E-state index in [0.717, 1.165) is 25.1 Å². The predicted molar refractivity (Wildman–Crippen MR) is 141 cm³/mol. The number of rotatable bonds is 6. The smallest absolute Gasteiger partial charge is 0.257 e. The summed E-state index contributed by atoms with van der Waals surface area (Å²) in [7, 11) is 0. The molecule has 0 spiro atoms. The van der Waals surface area contributed by atoms with Gasteiger partial charge in [-0.15, -0.1) is 11.3 Å². The summed E-state index contributed by atoms with van der Waals surface area (Å²) in [6, 6.07) is 21.2. The molecular weight excluding hydrogens is 440 g/mol. The van der Waals surface area contributed by atoms with Crippen LogP contribution in [-0.4, -0.2) is 15.7 Å². The van der Waals surface area contributed by atoms with Gasteiger partial charge in [0.1, 0.15) is 11.4 Å². The third-order valence-corrected chi connectivity index (χ3v) is 8.58. The molecule has 0 bridgehead atoms. The van der Waals surface area contributed by atoms with Crippen molar-refractivity contribution in [2.45, 2.75) is 64.1 Å². The second-order valence-corrected chi connectivity index (χ2v) is 10.9. The van der Waals surface area contributed by atoms with Crippen LogP contribution in [0.1, 0.15) is 73.8 Å². The minimum atomic E-state index is -0.418. The fourth-order valence-corrected chi connectivity index (χ4v) is 6.49. The Labute approximate surface area is 205 Å². The largest absolute Gasteiger partial charge is 0.363 e. The van der Waals surface area contributed by atoms with Gasteiger partial charge in [0.05, 0.1) is 23.3 Å². The molecule has 34 heavy (non-hydrogen) atoms. The Morgan fingerprint density at radius 1 is 1.15 bits per heavy atom. The molecule has 5 nitrogen and oxygen atoms in total. The number of nitrogens with zero attached hydrogens (tertiary/aromatic N) is 2. The van der Waals surface area contributed by atoms with Gasteiger partial charge in [-0.2, -0.15) is 5.10 Å². The van der Waals surface area contributed by atoms with Gasteiger partial charge in [0.25, 0.3) is 5.91 Å². The Balaban J connectivity index is 1.49. The lowest BCUT2D eigenvalue weighted by Crippen LogP contribution is -2.45. The summed E-state index contributed by atoms with van der Waals surface area (Å²) >= 11 is 1.77. The number of carbonyl (C=O) groups is 1. The van der Waals surface area contributed by atoms with Crippen LogP contribution >= 0.6 is 11.3 Å². The predicted octanol–water partition coefficient (Wildman–Crippen LogP) is 6.84. The van der Waals surface area contributed by atoms with E-state index in [0.29, 0.717) is 5.56 Å². The number of fused-ring (bicyclic) bond motifs is 2. The average molecular weight is 473 g/mol. The molecule has 4 aromatic rings. The number of hydrogen-bond donors (Lipinski definition) is 2. The van der Waals surface area contributed by atoms with Crippen LogP contribution in [0.15, 0.2) is 66.9 Å². The summed E-state index contributed by atoms with van der Waals surface area (Å²) in [5.74, 6) is 0.708. The molecule has 0 saturated heterocycles. The Hall–Kier alpha value is -3.12. The van der Waals surface area contributed by atoms with Gasteiger partial charge < -0.3 is 10.6 Å². The molecule has 3 heterocycles. The van der Waals surface area contributed by atoms with Gasteiger partial charge in [0.15, 0.2) is 0 Å². The number of nitrogens with one attached hydrogen (secondary N) is 2. The van der Waals surface area contributed by atoms with E-state index in [2.05, 4.69) is 98.0 Å². The van der Waals surface area contributed by atoms with E-state index in [-0.39, 0.29) is 17.5 Å². The van der Waals surface area contributed by atoms with Crippen molar-refractivity contribution in [2.75, 3.05) is 5.32 Å². The van der Waals surface area contributed by atoms with Gasteiger partial charge >= 0.3 is 0 Å². The number of aromatic nitrogens is 2. The lowest BCUT2D eigenvalue weighted by atomic mass is 9.88. The van der Waals surface area contributed by atoms with Crippen LogP contribution in [0.3, 0.4) is 0 Å². The molecular formula is C28H32N4OS. The SMILES string of the molecule is CCC(CC)(NC(=O)c1cnn2c1NC(c1ccccc1)CC2(C)C)c1cc2ccccc2s1. The van der Waals surface area contributed by atoms with Gasteiger partial charge in [-0.25, -0.2) is 4.68 Å². The Morgan fingerprint density at radius 2 is 1.85 bits per heavy atom. The van der Waals surface area contributed by atoms with Gasteiger partial charge in [0, 0.05) is 9.58 Å². The molecule has 0 radical (unpaired) electrons. The zero-order valence-electron chi connectivity index (χ0n) is 20.3. The number of benzene rings is 2. The Kier molecular flexibility index (Phi) is 5.72. The Bertz CT molecular complexity index is 1280. The molecule has 1 aliphatic rings. The molecule has 1 aliphatic heterocycles. The second kappa shape index (κ2) is 8.58. The zero-order valence-corrected chi connectivity index (χ0v) is 21.1. The third kappa shape index (κ3) is 3.80. The number of hydrogen-bond acceptors (Lipinski definition) is 4. The highest BCUT2D eigenvalue weighted by atomic mass is 32.1. The van der Waals surface area contributed by atoms with Crippen LogP contribution in [0, 0.1) is 0 Å². The van der Waals surface area contributed by atoms with Crippen LogP contribution in [0.2, 0.25) is 0 Å². The quantitative estimate of drug-likeness (QED) is 0.323. The molecule has 5 rings (SSSR count). The maximum Gasteiger partial charge on any atom is 0.257 e. The van der Waals surface area contributed by atoms with Crippen molar-refractivity contribution in [3.63, 3.8) is 0 Å². The van der Waals surface area contributed by atoms with Crippen LogP contribution in [0.25, 0.3) is 10.1 Å². The molecule has 1 unspecified atom stereocenters. The van der Waals surface area contributed by atoms with Crippen molar-refractivity contribution in [3.05, 3.63) is 82.9 Å². The normalized spacial score (nSPS) is 17.2. The summed E-state index contributed by atoms with van der Waals surface area (Å²) in [5.41, 5.74) is 1.19. The number of thiophene rings is 1. The highest BCUT2D eigenvalue weighted by Crippen LogP contribution is 2.41. The number of carbonyl (C=O) groups excluding carboxylic acids is 1. The topological polar surface area (TPSA) is 59.0 Å². The minimum Gasteiger partial charge on any atom is -0.363 e. The van der Waals surface area contributed by atoms with Crippen molar-refractivity contribution >= 4 is 33.1 Å². The van der Waals surface area contributed by atoms with E-state index in [9.17, 15) is 4.79 Å². The molecule has 0 saturated carbocycles. The van der Waals surface area contributed by atoms with Gasteiger partial charge in [-0.3, -0.25) is 4.79 Å². The highest BCUT2D eigenvalue weighted by molar-refractivity contribution is 7.19. The molecule has 0 fully saturated rings. The maximum atomic E-state index is 13.8. The fraction of sp³-hybridized carbons (Fsp3) is 0.357. The van der Waals surface area contributed by atoms with Crippen molar-refractivity contribution in [1.82, 2.24) is 15.1 Å². The summed E-state index contributed by atoms with van der Waals surface area (Å²) < 4.78 is 3.22. The first kappa shape index (κ1) is 22.7. The van der Waals surface area contributed by atoms with Gasteiger partial charge in [-0.1, -0.05) is 62.4 Å². The molecule has 2 N–H and O–H groups in total. The first-order valence-corrected chi connectivity index (χ1v) is 12.9. The average Bonchev–Trinajstić information content (AvgIpc) is 3.48. The molecule has 1 amide bonds. The van der Waals surface area contributed by atoms with Gasteiger partial charge in [-0.05, 0) is 56.2 Å². The standard InChI is InChI=1S/C28H32N4OS/c1-5-28(6-2,24-16-20-14-10-11-15-23(20)34-24)31-26(33)21-18-29-32-25(21)30-22(17-27(32,3)4)19-12-8-7-9-13-19/h7-16,18,22,30H,5-6,17H2,1-4H3,(H,31,33). The fourth-order valence-electron chi connectivity index (χ4n) is 5.14. The van der Waals surface area contributed by atoms with E-state index in [1.807, 2.05) is 10.7 Å². The van der Waals surface area contributed by atoms with E-state index in [1.54, 1.807) is 17.5 Å². The van der Waals surface area contributed by atoms with Gasteiger partial charge in [0.2, 0.25) is 0 Å². The molecule has 6 heteroatoms. The molecule has 2 aromatic heterocycles. The monoisotopic (exact) mass is 472 g/mol. The van der Waals surface area contributed by atoms with Crippen LogP contribution in [0.5, 0.6) is 0 Å². The van der Waals surface area contributed by atoms with Crippen molar-refractivity contribution < 1.29 is 4.79 Å². The Morgan fingerprint density at radius 3 is 2.56 bits per heavy atom. The first-order valence-electron chi connectivity index (χ1n) is 12.1. The van der Waals surface area contributed by atoms with E-state index < -0.39 is 5.54 Å². The molecule has 0 aliphatic carbocycles. The van der Waals surface area contributed by atoms with Crippen molar-refractivity contribution in [2.24, 2.45) is 0 Å². The first-order chi connectivity index (χ1) is 16.4. The third-order valence-electron chi connectivity index (χ3n) is 7.26. The van der Waals surface area contributed by atoms with Crippen LogP contribution in [0.4, 0.5) is 5.82 Å². The number of anilines is 1.